The number of benzene rings is 2. The summed E-state index contributed by atoms with van der Waals surface area (Å²) in [5, 5.41) is 0. The van der Waals surface area contributed by atoms with Gasteiger partial charge in [0.05, 0.1) is 6.61 Å². The first-order valence-electron chi connectivity index (χ1n) is 6.01. The van der Waals surface area contributed by atoms with Crippen LogP contribution in [0.15, 0.2) is 60.7 Å². The lowest BCUT2D eigenvalue weighted by Gasteiger charge is -2.21. The summed E-state index contributed by atoms with van der Waals surface area (Å²) in [6.45, 7) is 0.554. The zero-order valence-electron chi connectivity index (χ0n) is 9.95. The summed E-state index contributed by atoms with van der Waals surface area (Å²) in [5.41, 5.74) is 2.24. The lowest BCUT2D eigenvalue weighted by atomic mass is 10.1. The molecule has 0 amide bonds. The molecule has 0 saturated carbocycles. The molecule has 0 saturated heterocycles. The minimum absolute atomic E-state index is 0.305. The van der Waals surface area contributed by atoms with Gasteiger partial charge in [0.25, 0.3) is 0 Å². The van der Waals surface area contributed by atoms with E-state index >= 15 is 0 Å². The molecule has 0 spiro atoms. The minimum atomic E-state index is -0.305. The van der Waals surface area contributed by atoms with Crippen molar-refractivity contribution in [3.05, 3.63) is 71.8 Å². The van der Waals surface area contributed by atoms with Crippen LogP contribution in [0.5, 0.6) is 5.75 Å². The third-order valence-corrected chi connectivity index (χ3v) is 2.85. The van der Waals surface area contributed by atoms with Crippen LogP contribution in [0.3, 0.4) is 0 Å². The lowest BCUT2D eigenvalue weighted by Crippen LogP contribution is -2.20. The highest BCUT2D eigenvalue weighted by atomic mass is 16.7. The van der Waals surface area contributed by atoms with Crippen LogP contribution in [0.4, 0.5) is 0 Å². The van der Waals surface area contributed by atoms with Gasteiger partial charge >= 0.3 is 0 Å². The molecule has 3 rings (SSSR count). The topological polar surface area (TPSA) is 18.5 Å². The predicted molar refractivity (Wildman–Crippen MR) is 71.1 cm³/mol. The maximum atomic E-state index is 5.74. The molecule has 2 heteroatoms. The first-order chi connectivity index (χ1) is 8.92. The molecule has 2 nitrogen and oxygen atoms in total. The lowest BCUT2D eigenvalue weighted by molar-refractivity contribution is -0.0566. The zero-order chi connectivity index (χ0) is 12.2. The quantitative estimate of drug-likeness (QED) is 0.812. The molecule has 1 unspecified atom stereocenters. The van der Waals surface area contributed by atoms with Crippen molar-refractivity contribution < 1.29 is 9.47 Å². The average molecular weight is 238 g/mol. The average Bonchev–Trinajstić information content (AvgIpc) is 2.46. The molecule has 0 radical (unpaired) electrons. The molecule has 1 aliphatic heterocycles. The van der Waals surface area contributed by atoms with Gasteiger partial charge in [0, 0.05) is 5.56 Å². The van der Waals surface area contributed by atoms with Crippen LogP contribution in [0.25, 0.3) is 6.08 Å². The molecule has 0 aliphatic carbocycles. The van der Waals surface area contributed by atoms with Crippen molar-refractivity contribution in [3.63, 3.8) is 0 Å². The molecule has 0 fully saturated rings. The van der Waals surface area contributed by atoms with Gasteiger partial charge in [0.2, 0.25) is 6.29 Å². The van der Waals surface area contributed by atoms with Gasteiger partial charge < -0.3 is 9.47 Å². The van der Waals surface area contributed by atoms with E-state index in [1.165, 1.54) is 0 Å². The number of fused-ring (bicyclic) bond motifs is 1. The normalized spacial score (nSPS) is 17.0. The second-order valence-corrected chi connectivity index (χ2v) is 4.18. The largest absolute Gasteiger partial charge is 0.461 e. The molecule has 0 bridgehead atoms. The first-order valence-corrected chi connectivity index (χ1v) is 6.01. The van der Waals surface area contributed by atoms with E-state index in [0.29, 0.717) is 6.61 Å². The van der Waals surface area contributed by atoms with Crippen LogP contribution >= 0.6 is 0 Å². The molecule has 2 aromatic rings. The Morgan fingerprint density at radius 3 is 2.61 bits per heavy atom. The SMILES string of the molecule is C1=CC(OCc2ccccc2)Oc2ccccc21. The number of hydrogen-bond acceptors (Lipinski definition) is 2. The molecule has 0 N–H and O–H groups in total. The monoisotopic (exact) mass is 238 g/mol. The van der Waals surface area contributed by atoms with E-state index in [-0.39, 0.29) is 6.29 Å². The van der Waals surface area contributed by atoms with Gasteiger partial charge in [-0.2, -0.15) is 0 Å². The van der Waals surface area contributed by atoms with Gasteiger partial charge in [-0.15, -0.1) is 0 Å². The van der Waals surface area contributed by atoms with Crippen molar-refractivity contribution in [1.82, 2.24) is 0 Å². The Hall–Kier alpha value is -2.06. The van der Waals surface area contributed by atoms with E-state index < -0.39 is 0 Å². The summed E-state index contributed by atoms with van der Waals surface area (Å²) in [6, 6.07) is 18.0. The molecule has 0 aromatic heterocycles. The van der Waals surface area contributed by atoms with E-state index in [9.17, 15) is 0 Å². The van der Waals surface area contributed by atoms with E-state index in [0.717, 1.165) is 16.9 Å². The zero-order valence-corrected chi connectivity index (χ0v) is 9.95. The highest BCUT2D eigenvalue weighted by molar-refractivity contribution is 5.59. The van der Waals surface area contributed by atoms with Crippen molar-refractivity contribution in [2.75, 3.05) is 0 Å². The van der Waals surface area contributed by atoms with E-state index in [4.69, 9.17) is 9.47 Å². The van der Waals surface area contributed by atoms with Crippen molar-refractivity contribution in [1.29, 1.82) is 0 Å². The molecule has 2 aromatic carbocycles. The van der Waals surface area contributed by atoms with Crippen molar-refractivity contribution in [2.45, 2.75) is 12.9 Å². The number of para-hydroxylation sites is 1. The smallest absolute Gasteiger partial charge is 0.220 e. The van der Waals surface area contributed by atoms with Crippen molar-refractivity contribution in [2.24, 2.45) is 0 Å². The molecule has 1 atom stereocenters. The third kappa shape index (κ3) is 2.44. The fourth-order valence-corrected chi connectivity index (χ4v) is 1.91. The summed E-state index contributed by atoms with van der Waals surface area (Å²) in [5.74, 6) is 0.873. The van der Waals surface area contributed by atoms with Crippen LogP contribution in [0.2, 0.25) is 0 Å². The van der Waals surface area contributed by atoms with Crippen molar-refractivity contribution >= 4 is 6.08 Å². The maximum absolute atomic E-state index is 5.74. The maximum Gasteiger partial charge on any atom is 0.220 e. The summed E-state index contributed by atoms with van der Waals surface area (Å²) in [4.78, 5) is 0. The number of ether oxygens (including phenoxy) is 2. The van der Waals surface area contributed by atoms with Gasteiger partial charge in [0.1, 0.15) is 5.75 Å². The fourth-order valence-electron chi connectivity index (χ4n) is 1.91. The molecule has 18 heavy (non-hydrogen) atoms. The number of rotatable bonds is 3. The number of hydrogen-bond donors (Lipinski definition) is 0. The van der Waals surface area contributed by atoms with E-state index in [2.05, 4.69) is 0 Å². The molecule has 1 heterocycles. The van der Waals surface area contributed by atoms with Gasteiger partial charge in [0.15, 0.2) is 0 Å². The predicted octanol–water partition coefficient (Wildman–Crippen LogP) is 3.64. The third-order valence-electron chi connectivity index (χ3n) is 2.85. The Morgan fingerprint density at radius 2 is 1.72 bits per heavy atom. The standard InChI is InChI=1S/C16H14O2/c1-2-6-13(7-3-1)12-17-16-11-10-14-8-4-5-9-15(14)18-16/h1-11,16H,12H2. The Kier molecular flexibility index (Phi) is 3.11. The molecule has 1 aliphatic rings. The van der Waals surface area contributed by atoms with Crippen LogP contribution in [0.1, 0.15) is 11.1 Å². The van der Waals surface area contributed by atoms with Crippen LogP contribution < -0.4 is 4.74 Å². The fraction of sp³-hybridized carbons (Fsp3) is 0.125. The summed E-state index contributed by atoms with van der Waals surface area (Å²) in [7, 11) is 0. The summed E-state index contributed by atoms with van der Waals surface area (Å²) >= 11 is 0. The molecule has 90 valence electrons. The second kappa shape index (κ2) is 5.07. The van der Waals surface area contributed by atoms with E-state index in [1.54, 1.807) is 0 Å². The summed E-state index contributed by atoms with van der Waals surface area (Å²) < 4.78 is 11.5. The van der Waals surface area contributed by atoms with Gasteiger partial charge in [-0.05, 0) is 23.8 Å². The van der Waals surface area contributed by atoms with Crippen LogP contribution in [0, 0.1) is 0 Å². The molecular weight excluding hydrogens is 224 g/mol. The second-order valence-electron chi connectivity index (χ2n) is 4.18. The summed E-state index contributed by atoms with van der Waals surface area (Å²) in [6.07, 6.45) is 3.67. The van der Waals surface area contributed by atoms with Crippen LogP contribution in [-0.2, 0) is 11.3 Å². The highest BCUT2D eigenvalue weighted by Crippen LogP contribution is 2.25. The Morgan fingerprint density at radius 1 is 0.944 bits per heavy atom. The Bertz CT molecular complexity index is 546. The Balaban J connectivity index is 1.64. The molecular formula is C16H14O2. The Labute approximate surface area is 106 Å². The first kappa shape index (κ1) is 11.1. The van der Waals surface area contributed by atoms with Gasteiger partial charge in [-0.3, -0.25) is 0 Å². The van der Waals surface area contributed by atoms with Crippen LogP contribution in [-0.4, -0.2) is 6.29 Å². The minimum Gasteiger partial charge on any atom is -0.461 e. The van der Waals surface area contributed by atoms with Crippen molar-refractivity contribution in [3.8, 4) is 5.75 Å². The van der Waals surface area contributed by atoms with E-state index in [1.807, 2.05) is 66.7 Å². The highest BCUT2D eigenvalue weighted by Gasteiger charge is 2.14. The van der Waals surface area contributed by atoms with Gasteiger partial charge in [-0.1, -0.05) is 48.5 Å². The van der Waals surface area contributed by atoms with Gasteiger partial charge in [-0.25, -0.2) is 0 Å².